The van der Waals surface area contributed by atoms with Gasteiger partial charge in [0.1, 0.15) is 11.8 Å². The molecule has 1 aromatic heterocycles. The van der Waals surface area contributed by atoms with Gasteiger partial charge < -0.3 is 19.6 Å². The van der Waals surface area contributed by atoms with E-state index in [1.54, 1.807) is 18.4 Å². The van der Waals surface area contributed by atoms with Crippen LogP contribution in [0.3, 0.4) is 0 Å². The molecular formula is C22H27NO5. The molecule has 28 heavy (non-hydrogen) atoms. The monoisotopic (exact) mass is 385 g/mol. The second kappa shape index (κ2) is 8.61. The molecule has 0 saturated carbocycles. The maximum atomic E-state index is 12.8. The van der Waals surface area contributed by atoms with Gasteiger partial charge in [-0.05, 0) is 42.0 Å². The lowest BCUT2D eigenvalue weighted by atomic mass is 9.81. The molecule has 1 heterocycles. The molecule has 1 amide bonds. The average Bonchev–Trinajstić information content (AvgIpc) is 3.28. The van der Waals surface area contributed by atoms with E-state index in [2.05, 4.69) is 19.2 Å². The predicted molar refractivity (Wildman–Crippen MR) is 104 cm³/mol. The largest absolute Gasteiger partial charge is 0.481 e. The number of furan rings is 1. The summed E-state index contributed by atoms with van der Waals surface area (Å²) in [6.07, 6.45) is 2.18. The van der Waals surface area contributed by atoms with Gasteiger partial charge in [-0.15, -0.1) is 0 Å². The fourth-order valence-electron chi connectivity index (χ4n) is 3.70. The van der Waals surface area contributed by atoms with E-state index >= 15 is 0 Å². The van der Waals surface area contributed by atoms with Crippen molar-refractivity contribution in [3.05, 3.63) is 59.5 Å². The van der Waals surface area contributed by atoms with Crippen LogP contribution in [0.5, 0.6) is 0 Å². The summed E-state index contributed by atoms with van der Waals surface area (Å²) in [5.74, 6) is -0.286. The minimum atomic E-state index is -1.11. The molecule has 6 heteroatoms. The van der Waals surface area contributed by atoms with Gasteiger partial charge in [-0.1, -0.05) is 38.1 Å². The molecule has 0 spiro atoms. The van der Waals surface area contributed by atoms with Crippen LogP contribution in [0.4, 0.5) is 0 Å². The van der Waals surface area contributed by atoms with Crippen LogP contribution >= 0.6 is 0 Å². The SMILES string of the molecule is CC(C)COCC(NC(=O)CC1(C(=O)O)Cc2ccccc2C1)c1ccco1. The van der Waals surface area contributed by atoms with Crippen molar-refractivity contribution >= 4 is 11.9 Å². The first-order chi connectivity index (χ1) is 13.4. The van der Waals surface area contributed by atoms with Crippen molar-refractivity contribution in [3.8, 4) is 0 Å². The molecule has 2 aromatic rings. The second-order valence-electron chi connectivity index (χ2n) is 7.95. The van der Waals surface area contributed by atoms with Crippen molar-refractivity contribution in [1.82, 2.24) is 5.32 Å². The lowest BCUT2D eigenvalue weighted by molar-refractivity contribution is -0.151. The van der Waals surface area contributed by atoms with Crippen molar-refractivity contribution in [2.24, 2.45) is 11.3 Å². The Morgan fingerprint density at radius 2 is 1.82 bits per heavy atom. The van der Waals surface area contributed by atoms with Crippen molar-refractivity contribution in [2.45, 2.75) is 39.2 Å². The normalized spacial score (nSPS) is 16.0. The van der Waals surface area contributed by atoms with Gasteiger partial charge in [0.2, 0.25) is 5.91 Å². The fourth-order valence-corrected chi connectivity index (χ4v) is 3.70. The highest BCUT2D eigenvalue weighted by atomic mass is 16.5. The number of benzene rings is 1. The topological polar surface area (TPSA) is 88.8 Å². The van der Waals surface area contributed by atoms with Crippen LogP contribution in [0.2, 0.25) is 0 Å². The van der Waals surface area contributed by atoms with Gasteiger partial charge >= 0.3 is 5.97 Å². The highest BCUT2D eigenvalue weighted by Gasteiger charge is 2.45. The lowest BCUT2D eigenvalue weighted by Crippen LogP contribution is -2.40. The van der Waals surface area contributed by atoms with Crippen molar-refractivity contribution in [3.63, 3.8) is 0 Å². The molecule has 1 atom stereocenters. The zero-order valence-corrected chi connectivity index (χ0v) is 16.3. The number of carboxylic acids is 1. The Hall–Kier alpha value is -2.60. The van der Waals surface area contributed by atoms with Gasteiger partial charge in [0.25, 0.3) is 0 Å². The number of rotatable bonds is 9. The highest BCUT2D eigenvalue weighted by Crippen LogP contribution is 2.40. The molecular weight excluding hydrogens is 358 g/mol. The summed E-state index contributed by atoms with van der Waals surface area (Å²) in [6, 6.07) is 10.7. The first kappa shape index (κ1) is 20.1. The summed E-state index contributed by atoms with van der Waals surface area (Å²) in [5, 5.41) is 12.8. The summed E-state index contributed by atoms with van der Waals surface area (Å²) < 4.78 is 11.1. The number of nitrogens with one attached hydrogen (secondary N) is 1. The summed E-state index contributed by atoms with van der Waals surface area (Å²) in [5.41, 5.74) is 0.890. The minimum Gasteiger partial charge on any atom is -0.481 e. The third-order valence-corrected chi connectivity index (χ3v) is 5.09. The predicted octanol–water partition coefficient (Wildman–Crippen LogP) is 3.37. The number of aliphatic carboxylic acids is 1. The van der Waals surface area contributed by atoms with E-state index in [1.165, 1.54) is 0 Å². The molecule has 150 valence electrons. The summed E-state index contributed by atoms with van der Waals surface area (Å²) in [4.78, 5) is 24.9. The van der Waals surface area contributed by atoms with Crippen LogP contribution in [0.15, 0.2) is 47.1 Å². The van der Waals surface area contributed by atoms with Crippen LogP contribution in [-0.4, -0.2) is 30.2 Å². The van der Waals surface area contributed by atoms with E-state index in [1.807, 2.05) is 24.3 Å². The van der Waals surface area contributed by atoms with Crippen molar-refractivity contribution in [2.75, 3.05) is 13.2 Å². The fraction of sp³-hybridized carbons (Fsp3) is 0.455. The van der Waals surface area contributed by atoms with Gasteiger partial charge in [0, 0.05) is 13.0 Å². The molecule has 1 aliphatic carbocycles. The number of carboxylic acid groups (broad SMARTS) is 1. The van der Waals surface area contributed by atoms with Crippen LogP contribution < -0.4 is 5.32 Å². The molecule has 0 saturated heterocycles. The van der Waals surface area contributed by atoms with E-state index in [0.29, 0.717) is 31.1 Å². The minimum absolute atomic E-state index is 0.0849. The van der Waals surface area contributed by atoms with E-state index in [0.717, 1.165) is 11.1 Å². The molecule has 0 aliphatic heterocycles. The molecule has 0 fully saturated rings. The maximum Gasteiger partial charge on any atom is 0.310 e. The molecule has 1 unspecified atom stereocenters. The van der Waals surface area contributed by atoms with Gasteiger partial charge in [-0.2, -0.15) is 0 Å². The Morgan fingerprint density at radius 3 is 2.36 bits per heavy atom. The maximum absolute atomic E-state index is 12.8. The molecule has 1 aliphatic rings. The van der Waals surface area contributed by atoms with Gasteiger partial charge in [-0.25, -0.2) is 0 Å². The van der Waals surface area contributed by atoms with Crippen LogP contribution in [0, 0.1) is 11.3 Å². The number of hydrogen-bond acceptors (Lipinski definition) is 4. The second-order valence-corrected chi connectivity index (χ2v) is 7.95. The molecule has 0 radical (unpaired) electrons. The Morgan fingerprint density at radius 1 is 1.14 bits per heavy atom. The van der Waals surface area contributed by atoms with E-state index < -0.39 is 17.4 Å². The molecule has 0 bridgehead atoms. The van der Waals surface area contributed by atoms with E-state index in [9.17, 15) is 14.7 Å². The van der Waals surface area contributed by atoms with E-state index in [4.69, 9.17) is 9.15 Å². The van der Waals surface area contributed by atoms with Crippen molar-refractivity contribution < 1.29 is 23.8 Å². The number of fused-ring (bicyclic) bond motifs is 1. The van der Waals surface area contributed by atoms with Crippen LogP contribution in [0.25, 0.3) is 0 Å². The molecule has 1 aromatic carbocycles. The Bertz CT molecular complexity index is 787. The van der Waals surface area contributed by atoms with Crippen LogP contribution in [0.1, 0.15) is 43.2 Å². The first-order valence-corrected chi connectivity index (χ1v) is 9.60. The summed E-state index contributed by atoms with van der Waals surface area (Å²) in [6.45, 7) is 4.95. The molecule has 3 rings (SSSR count). The number of amides is 1. The Labute approximate surface area is 164 Å². The van der Waals surface area contributed by atoms with Crippen LogP contribution in [-0.2, 0) is 27.2 Å². The number of hydrogen-bond donors (Lipinski definition) is 2. The van der Waals surface area contributed by atoms with Crippen molar-refractivity contribution in [1.29, 1.82) is 0 Å². The van der Waals surface area contributed by atoms with Gasteiger partial charge in [0.05, 0.1) is 18.3 Å². The highest BCUT2D eigenvalue weighted by molar-refractivity contribution is 5.86. The number of carbonyl (C=O) groups is 2. The van der Waals surface area contributed by atoms with Gasteiger partial charge in [0.15, 0.2) is 0 Å². The third-order valence-electron chi connectivity index (χ3n) is 5.09. The zero-order chi connectivity index (χ0) is 20.1. The standard InChI is InChI=1S/C22H27NO5/c1-15(2)13-27-14-18(19-8-5-9-28-19)23-20(24)12-22(21(25)26)10-16-6-3-4-7-17(16)11-22/h3-9,15,18H,10-14H2,1-2H3,(H,23,24)(H,25,26). The number of carbonyl (C=O) groups excluding carboxylic acids is 1. The number of ether oxygens (including phenoxy) is 1. The molecule has 2 N–H and O–H groups in total. The Kier molecular flexibility index (Phi) is 6.19. The van der Waals surface area contributed by atoms with Gasteiger partial charge in [-0.3, -0.25) is 9.59 Å². The zero-order valence-electron chi connectivity index (χ0n) is 16.3. The third kappa shape index (κ3) is 4.62. The van der Waals surface area contributed by atoms with E-state index in [-0.39, 0.29) is 18.9 Å². The smallest absolute Gasteiger partial charge is 0.310 e. The average molecular weight is 385 g/mol. The quantitative estimate of drug-likeness (QED) is 0.691. The Balaban J connectivity index is 1.68. The summed E-state index contributed by atoms with van der Waals surface area (Å²) >= 11 is 0. The molecule has 6 nitrogen and oxygen atoms in total. The first-order valence-electron chi connectivity index (χ1n) is 9.60. The lowest BCUT2D eigenvalue weighted by Gasteiger charge is -2.25. The summed E-state index contributed by atoms with van der Waals surface area (Å²) in [7, 11) is 0.